The van der Waals surface area contributed by atoms with Crippen LogP contribution in [0.15, 0.2) is 18.5 Å². The maximum absolute atomic E-state index is 8.82. The molecule has 1 aromatic heterocycles. The van der Waals surface area contributed by atoms with E-state index < -0.39 is 0 Å². The van der Waals surface area contributed by atoms with E-state index in [4.69, 9.17) is 16.7 Å². The Morgan fingerprint density at radius 1 is 1.46 bits per heavy atom. The lowest BCUT2D eigenvalue weighted by atomic mass is 10.2. The fourth-order valence-corrected chi connectivity index (χ4v) is 0.949. The second-order valence-corrected chi connectivity index (χ2v) is 2.86. The summed E-state index contributed by atoms with van der Waals surface area (Å²) in [5.74, 6) is 6.35. The second kappa shape index (κ2) is 5.58. The molecule has 1 aromatic rings. The topological polar surface area (TPSA) is 33.1 Å². The van der Waals surface area contributed by atoms with Crippen LogP contribution in [0, 0.1) is 11.8 Å². The Kier molecular flexibility index (Phi) is 4.31. The van der Waals surface area contributed by atoms with Gasteiger partial charge in [-0.1, -0.05) is 11.8 Å². The van der Waals surface area contributed by atoms with Crippen molar-refractivity contribution in [3.8, 4) is 11.8 Å². The summed E-state index contributed by atoms with van der Waals surface area (Å²) in [7, 11) is 0. The standard InChI is InChI=1S/C10H10ClNO/c11-4-2-1-3-9-5-10(8-13)7-12-6-9/h5-7,13H,2,4,8H2. The Hall–Kier alpha value is -1.04. The summed E-state index contributed by atoms with van der Waals surface area (Å²) in [4.78, 5) is 3.94. The highest BCUT2D eigenvalue weighted by Crippen LogP contribution is 2.00. The molecule has 1 rings (SSSR count). The number of alkyl halides is 1. The van der Waals surface area contributed by atoms with Gasteiger partial charge in [0.15, 0.2) is 0 Å². The van der Waals surface area contributed by atoms with Gasteiger partial charge >= 0.3 is 0 Å². The van der Waals surface area contributed by atoms with Crippen LogP contribution in [0.25, 0.3) is 0 Å². The molecule has 0 fully saturated rings. The molecule has 0 aliphatic carbocycles. The van der Waals surface area contributed by atoms with Crippen molar-refractivity contribution in [3.05, 3.63) is 29.6 Å². The number of rotatable bonds is 2. The predicted octanol–water partition coefficient (Wildman–Crippen LogP) is 1.55. The molecule has 0 unspecified atom stereocenters. The fourth-order valence-electron chi connectivity index (χ4n) is 0.854. The number of aliphatic hydroxyl groups excluding tert-OH is 1. The van der Waals surface area contributed by atoms with Crippen LogP contribution in [0.1, 0.15) is 17.5 Å². The molecule has 1 N–H and O–H groups in total. The SMILES string of the molecule is OCc1cncc(C#CCCCl)c1. The molecule has 13 heavy (non-hydrogen) atoms. The third kappa shape index (κ3) is 3.45. The Morgan fingerprint density at radius 3 is 3.00 bits per heavy atom. The van der Waals surface area contributed by atoms with E-state index in [-0.39, 0.29) is 6.61 Å². The molecule has 0 amide bonds. The molecule has 3 heteroatoms. The summed E-state index contributed by atoms with van der Waals surface area (Å²) in [6, 6.07) is 1.81. The van der Waals surface area contributed by atoms with Crippen molar-refractivity contribution in [1.29, 1.82) is 0 Å². The van der Waals surface area contributed by atoms with Crippen LogP contribution in [0.5, 0.6) is 0 Å². The first-order valence-corrected chi connectivity index (χ1v) is 4.50. The Morgan fingerprint density at radius 2 is 2.31 bits per heavy atom. The normalized spacial score (nSPS) is 9.08. The van der Waals surface area contributed by atoms with Gasteiger partial charge < -0.3 is 5.11 Å². The van der Waals surface area contributed by atoms with Crippen LogP contribution in [0.2, 0.25) is 0 Å². The van der Waals surface area contributed by atoms with Crippen molar-refractivity contribution < 1.29 is 5.11 Å². The first-order valence-electron chi connectivity index (χ1n) is 3.96. The van der Waals surface area contributed by atoms with Gasteiger partial charge in [-0.3, -0.25) is 4.98 Å². The molecule has 0 bridgehead atoms. The van der Waals surface area contributed by atoms with E-state index in [1.807, 2.05) is 6.07 Å². The Labute approximate surface area is 82.6 Å². The number of pyridine rings is 1. The molecule has 0 aliphatic heterocycles. The third-order valence-electron chi connectivity index (χ3n) is 1.43. The van der Waals surface area contributed by atoms with Gasteiger partial charge in [-0.15, -0.1) is 11.6 Å². The quantitative estimate of drug-likeness (QED) is 0.574. The zero-order valence-electron chi connectivity index (χ0n) is 7.13. The van der Waals surface area contributed by atoms with Gasteiger partial charge in [0.1, 0.15) is 0 Å². The summed E-state index contributed by atoms with van der Waals surface area (Å²) >= 11 is 5.47. The summed E-state index contributed by atoms with van der Waals surface area (Å²) in [6.45, 7) is -0.00196. The van der Waals surface area contributed by atoms with Gasteiger partial charge in [0.25, 0.3) is 0 Å². The molecule has 0 aliphatic rings. The summed E-state index contributed by atoms with van der Waals surface area (Å²) < 4.78 is 0. The van der Waals surface area contributed by atoms with E-state index in [0.717, 1.165) is 11.1 Å². The molecule has 68 valence electrons. The van der Waals surface area contributed by atoms with Gasteiger partial charge in [0, 0.05) is 30.3 Å². The van der Waals surface area contributed by atoms with Crippen molar-refractivity contribution in [1.82, 2.24) is 4.98 Å². The average molecular weight is 196 g/mol. The molecule has 1 heterocycles. The number of halogens is 1. The van der Waals surface area contributed by atoms with Gasteiger partial charge in [-0.25, -0.2) is 0 Å². The number of hydrogen-bond acceptors (Lipinski definition) is 2. The van der Waals surface area contributed by atoms with E-state index in [2.05, 4.69) is 16.8 Å². The van der Waals surface area contributed by atoms with Crippen LogP contribution in [0.4, 0.5) is 0 Å². The molecule has 0 saturated carbocycles. The minimum atomic E-state index is -0.00196. The monoisotopic (exact) mass is 195 g/mol. The highest BCUT2D eigenvalue weighted by atomic mass is 35.5. The van der Waals surface area contributed by atoms with Crippen LogP contribution in [-0.4, -0.2) is 16.0 Å². The third-order valence-corrected chi connectivity index (χ3v) is 1.62. The molecular weight excluding hydrogens is 186 g/mol. The van der Waals surface area contributed by atoms with E-state index in [0.29, 0.717) is 12.3 Å². The molecular formula is C10H10ClNO. The van der Waals surface area contributed by atoms with E-state index in [9.17, 15) is 0 Å². The Bertz CT molecular complexity index is 327. The largest absolute Gasteiger partial charge is 0.392 e. The van der Waals surface area contributed by atoms with Crippen LogP contribution in [-0.2, 0) is 6.61 Å². The van der Waals surface area contributed by atoms with Crippen LogP contribution in [0.3, 0.4) is 0 Å². The highest BCUT2D eigenvalue weighted by molar-refractivity contribution is 6.18. The minimum Gasteiger partial charge on any atom is -0.392 e. The van der Waals surface area contributed by atoms with Gasteiger partial charge in [0.2, 0.25) is 0 Å². The van der Waals surface area contributed by atoms with Gasteiger partial charge in [-0.05, 0) is 11.6 Å². The maximum Gasteiger partial charge on any atom is 0.0697 e. The molecule has 0 radical (unpaired) electrons. The zero-order valence-corrected chi connectivity index (χ0v) is 7.88. The Balaban J connectivity index is 2.73. The molecule has 0 atom stereocenters. The zero-order chi connectivity index (χ0) is 9.52. The second-order valence-electron chi connectivity index (χ2n) is 2.48. The van der Waals surface area contributed by atoms with Crippen molar-refractivity contribution in [2.24, 2.45) is 0 Å². The van der Waals surface area contributed by atoms with Crippen LogP contribution >= 0.6 is 11.6 Å². The first-order chi connectivity index (χ1) is 6.36. The lowest BCUT2D eigenvalue weighted by Crippen LogP contribution is -1.86. The lowest BCUT2D eigenvalue weighted by Gasteiger charge is -1.94. The van der Waals surface area contributed by atoms with Crippen molar-refractivity contribution in [3.63, 3.8) is 0 Å². The van der Waals surface area contributed by atoms with E-state index >= 15 is 0 Å². The summed E-state index contributed by atoms with van der Waals surface area (Å²) in [5, 5.41) is 8.82. The van der Waals surface area contributed by atoms with E-state index in [1.54, 1.807) is 12.4 Å². The fraction of sp³-hybridized carbons (Fsp3) is 0.300. The average Bonchev–Trinajstić information content (AvgIpc) is 2.19. The van der Waals surface area contributed by atoms with Crippen molar-refractivity contribution >= 4 is 11.6 Å². The molecule has 0 aromatic carbocycles. The summed E-state index contributed by atoms with van der Waals surface area (Å²) in [6.07, 6.45) is 3.96. The van der Waals surface area contributed by atoms with E-state index in [1.165, 1.54) is 0 Å². The predicted molar refractivity (Wildman–Crippen MR) is 52.4 cm³/mol. The maximum atomic E-state index is 8.82. The van der Waals surface area contributed by atoms with Crippen LogP contribution < -0.4 is 0 Å². The van der Waals surface area contributed by atoms with Crippen molar-refractivity contribution in [2.45, 2.75) is 13.0 Å². The number of nitrogens with zero attached hydrogens (tertiary/aromatic N) is 1. The number of hydrogen-bond donors (Lipinski definition) is 1. The smallest absolute Gasteiger partial charge is 0.0697 e. The molecule has 0 spiro atoms. The first kappa shape index (κ1) is 10.0. The number of aliphatic hydroxyl groups is 1. The molecule has 2 nitrogen and oxygen atoms in total. The number of aromatic nitrogens is 1. The minimum absolute atomic E-state index is 0.00196. The van der Waals surface area contributed by atoms with Gasteiger partial charge in [-0.2, -0.15) is 0 Å². The molecule has 0 saturated heterocycles. The highest BCUT2D eigenvalue weighted by Gasteiger charge is 1.91. The van der Waals surface area contributed by atoms with Gasteiger partial charge in [0.05, 0.1) is 6.61 Å². The van der Waals surface area contributed by atoms with Crippen molar-refractivity contribution in [2.75, 3.05) is 5.88 Å². The lowest BCUT2D eigenvalue weighted by molar-refractivity contribution is 0.281. The summed E-state index contributed by atoms with van der Waals surface area (Å²) in [5.41, 5.74) is 1.59.